The number of carbonyl (C=O) groups is 2. The predicted molar refractivity (Wildman–Crippen MR) is 115 cm³/mol. The van der Waals surface area contributed by atoms with Gasteiger partial charge in [0.15, 0.2) is 16.4 Å². The number of benzene rings is 1. The number of anilines is 1. The van der Waals surface area contributed by atoms with E-state index in [1.807, 2.05) is 24.3 Å². The van der Waals surface area contributed by atoms with Gasteiger partial charge in [-0.15, -0.1) is 0 Å². The fraction of sp³-hybridized carbons (Fsp3) is 0.250. The standard InChI is InChI=1S/C20H17N5O4S2/c1-11-8-14(24-29-11)18(27)23-19-21-13-6-7-25(9-16(13)31-19)17(26)10-30-20-22-12-4-2-3-5-15(12)28-20/h2-5,8H,6-7,9-10H2,1H3,(H,21,23,27). The summed E-state index contributed by atoms with van der Waals surface area (Å²) < 4.78 is 10.6. The molecule has 4 aromatic rings. The maximum absolute atomic E-state index is 12.7. The van der Waals surface area contributed by atoms with Gasteiger partial charge in [0, 0.05) is 23.9 Å². The monoisotopic (exact) mass is 455 g/mol. The van der Waals surface area contributed by atoms with Crippen molar-refractivity contribution >= 4 is 51.1 Å². The maximum atomic E-state index is 12.7. The molecule has 1 aliphatic rings. The number of oxazole rings is 1. The lowest BCUT2D eigenvalue weighted by Crippen LogP contribution is -2.36. The van der Waals surface area contributed by atoms with Crippen LogP contribution in [-0.2, 0) is 17.8 Å². The van der Waals surface area contributed by atoms with Crippen LogP contribution < -0.4 is 5.32 Å². The van der Waals surface area contributed by atoms with Crippen molar-refractivity contribution in [2.45, 2.75) is 25.1 Å². The molecule has 0 aliphatic carbocycles. The molecule has 0 atom stereocenters. The minimum atomic E-state index is -0.370. The largest absolute Gasteiger partial charge is 0.431 e. The smallest absolute Gasteiger partial charge is 0.279 e. The number of aromatic nitrogens is 3. The lowest BCUT2D eigenvalue weighted by atomic mass is 10.2. The van der Waals surface area contributed by atoms with E-state index in [0.717, 1.165) is 16.1 Å². The Labute approximate surface area is 184 Å². The van der Waals surface area contributed by atoms with Crippen LogP contribution in [0.4, 0.5) is 5.13 Å². The minimum Gasteiger partial charge on any atom is -0.431 e. The zero-order valence-corrected chi connectivity index (χ0v) is 18.1. The van der Waals surface area contributed by atoms with Crippen molar-refractivity contribution in [1.29, 1.82) is 0 Å². The number of aryl methyl sites for hydroxylation is 1. The number of hydrogen-bond donors (Lipinski definition) is 1. The number of nitrogens with zero attached hydrogens (tertiary/aromatic N) is 4. The molecule has 0 radical (unpaired) electrons. The quantitative estimate of drug-likeness (QED) is 0.455. The van der Waals surface area contributed by atoms with Crippen LogP contribution in [0.1, 0.15) is 26.8 Å². The summed E-state index contributed by atoms with van der Waals surface area (Å²) >= 11 is 2.66. The van der Waals surface area contributed by atoms with Crippen LogP contribution >= 0.6 is 23.1 Å². The lowest BCUT2D eigenvalue weighted by molar-refractivity contribution is -0.129. The highest BCUT2D eigenvalue weighted by atomic mass is 32.2. The molecule has 158 valence electrons. The Bertz CT molecular complexity index is 1240. The van der Waals surface area contributed by atoms with Gasteiger partial charge < -0.3 is 13.8 Å². The molecule has 4 heterocycles. The number of nitrogens with one attached hydrogen (secondary N) is 1. The molecule has 0 unspecified atom stereocenters. The van der Waals surface area contributed by atoms with Gasteiger partial charge in [-0.25, -0.2) is 9.97 Å². The molecule has 1 aromatic carbocycles. The SMILES string of the molecule is Cc1cc(C(=O)Nc2nc3c(s2)CN(C(=O)CSc2nc4ccccc4o2)CC3)no1. The van der Waals surface area contributed by atoms with Crippen molar-refractivity contribution in [1.82, 2.24) is 20.0 Å². The molecule has 0 spiro atoms. The van der Waals surface area contributed by atoms with Gasteiger partial charge in [0.2, 0.25) is 5.91 Å². The summed E-state index contributed by atoms with van der Waals surface area (Å²) in [4.78, 5) is 36.6. The third kappa shape index (κ3) is 4.19. The van der Waals surface area contributed by atoms with E-state index in [2.05, 4.69) is 20.4 Å². The molecule has 0 saturated heterocycles. The first-order valence-electron chi connectivity index (χ1n) is 9.54. The molecule has 1 aliphatic heterocycles. The van der Waals surface area contributed by atoms with E-state index in [-0.39, 0.29) is 23.3 Å². The van der Waals surface area contributed by atoms with Crippen molar-refractivity contribution < 1.29 is 18.5 Å². The summed E-state index contributed by atoms with van der Waals surface area (Å²) in [6.07, 6.45) is 0.643. The van der Waals surface area contributed by atoms with E-state index in [4.69, 9.17) is 8.94 Å². The number of thioether (sulfide) groups is 1. The van der Waals surface area contributed by atoms with E-state index >= 15 is 0 Å². The van der Waals surface area contributed by atoms with Crippen LogP contribution in [0.3, 0.4) is 0 Å². The summed E-state index contributed by atoms with van der Waals surface area (Å²) in [6.45, 7) is 2.78. The van der Waals surface area contributed by atoms with Crippen LogP contribution in [0.25, 0.3) is 11.1 Å². The average molecular weight is 456 g/mol. The first-order valence-corrected chi connectivity index (χ1v) is 11.3. The van der Waals surface area contributed by atoms with E-state index < -0.39 is 0 Å². The van der Waals surface area contributed by atoms with Crippen LogP contribution in [-0.4, -0.2) is 44.1 Å². The number of thiazole rings is 1. The van der Waals surface area contributed by atoms with Gasteiger partial charge in [-0.2, -0.15) is 0 Å². The number of para-hydroxylation sites is 2. The van der Waals surface area contributed by atoms with Crippen LogP contribution in [0.5, 0.6) is 0 Å². The maximum Gasteiger partial charge on any atom is 0.279 e. The Morgan fingerprint density at radius 3 is 2.97 bits per heavy atom. The summed E-state index contributed by atoms with van der Waals surface area (Å²) in [5.41, 5.74) is 2.60. The number of hydrogen-bond acceptors (Lipinski definition) is 9. The first-order chi connectivity index (χ1) is 15.0. The minimum absolute atomic E-state index is 0.00923. The Hall–Kier alpha value is -3.18. The van der Waals surface area contributed by atoms with Crippen LogP contribution in [0.15, 0.2) is 44.5 Å². The third-order valence-electron chi connectivity index (χ3n) is 4.76. The topological polar surface area (TPSA) is 114 Å². The fourth-order valence-corrected chi connectivity index (χ4v) is 4.98. The highest BCUT2D eigenvalue weighted by Gasteiger charge is 2.25. The molecule has 31 heavy (non-hydrogen) atoms. The number of rotatable bonds is 5. The second-order valence-corrected chi connectivity index (χ2v) is 8.98. The van der Waals surface area contributed by atoms with Gasteiger partial charge in [0.25, 0.3) is 11.1 Å². The molecule has 9 nitrogen and oxygen atoms in total. The highest BCUT2D eigenvalue weighted by molar-refractivity contribution is 7.99. The van der Waals surface area contributed by atoms with E-state index in [1.165, 1.54) is 23.1 Å². The molecule has 0 fully saturated rings. The Kier molecular flexibility index (Phi) is 5.20. The Balaban J connectivity index is 1.20. The van der Waals surface area contributed by atoms with Gasteiger partial charge in [-0.05, 0) is 19.1 Å². The van der Waals surface area contributed by atoms with Crippen molar-refractivity contribution in [3.8, 4) is 0 Å². The van der Waals surface area contributed by atoms with Gasteiger partial charge in [-0.1, -0.05) is 40.4 Å². The van der Waals surface area contributed by atoms with E-state index in [0.29, 0.717) is 41.2 Å². The molecule has 11 heteroatoms. The Morgan fingerprint density at radius 1 is 1.29 bits per heavy atom. The summed E-state index contributed by atoms with van der Waals surface area (Å²) in [5, 5.41) is 7.44. The molecule has 3 aromatic heterocycles. The average Bonchev–Trinajstić information content (AvgIpc) is 3.48. The molecule has 1 N–H and O–H groups in total. The summed E-state index contributed by atoms with van der Waals surface area (Å²) in [6, 6.07) is 9.08. The van der Waals surface area contributed by atoms with Crippen molar-refractivity contribution in [2.75, 3.05) is 17.6 Å². The van der Waals surface area contributed by atoms with Gasteiger partial charge in [-0.3, -0.25) is 14.9 Å². The second kappa shape index (κ2) is 8.16. The van der Waals surface area contributed by atoms with Crippen molar-refractivity contribution in [3.63, 3.8) is 0 Å². The number of carbonyl (C=O) groups excluding carboxylic acids is 2. The Morgan fingerprint density at radius 2 is 2.16 bits per heavy atom. The molecular weight excluding hydrogens is 438 g/mol. The van der Waals surface area contributed by atoms with E-state index in [1.54, 1.807) is 17.9 Å². The van der Waals surface area contributed by atoms with Crippen LogP contribution in [0.2, 0.25) is 0 Å². The summed E-state index contributed by atoms with van der Waals surface area (Å²) in [7, 11) is 0. The summed E-state index contributed by atoms with van der Waals surface area (Å²) in [5.74, 6) is 0.449. The van der Waals surface area contributed by atoms with Gasteiger partial charge >= 0.3 is 0 Å². The number of amides is 2. The van der Waals surface area contributed by atoms with Crippen molar-refractivity contribution in [3.05, 3.63) is 52.4 Å². The van der Waals surface area contributed by atoms with Gasteiger partial charge in [0.1, 0.15) is 11.3 Å². The third-order valence-corrected chi connectivity index (χ3v) is 6.57. The normalized spacial score (nSPS) is 13.4. The first kappa shape index (κ1) is 19.8. The number of fused-ring (bicyclic) bond motifs is 2. The van der Waals surface area contributed by atoms with Crippen LogP contribution in [0, 0.1) is 6.92 Å². The zero-order chi connectivity index (χ0) is 21.4. The van der Waals surface area contributed by atoms with Crippen molar-refractivity contribution in [2.24, 2.45) is 0 Å². The molecule has 5 rings (SSSR count). The van der Waals surface area contributed by atoms with Gasteiger partial charge in [0.05, 0.1) is 18.0 Å². The highest BCUT2D eigenvalue weighted by Crippen LogP contribution is 2.30. The fourth-order valence-electron chi connectivity index (χ4n) is 3.22. The molecule has 0 bridgehead atoms. The predicted octanol–water partition coefficient (Wildman–Crippen LogP) is 3.51. The molecule has 2 amide bonds. The lowest BCUT2D eigenvalue weighted by Gasteiger charge is -2.25. The molecular formula is C20H17N5O4S2. The second-order valence-electron chi connectivity index (χ2n) is 6.97. The molecule has 0 saturated carbocycles. The van der Waals surface area contributed by atoms with E-state index in [9.17, 15) is 9.59 Å². The zero-order valence-electron chi connectivity index (χ0n) is 16.5.